The molecule has 102 valence electrons. The molecule has 1 aliphatic heterocycles. The molecule has 1 aliphatic rings. The van der Waals surface area contributed by atoms with Gasteiger partial charge in [-0.15, -0.1) is 0 Å². The van der Waals surface area contributed by atoms with Gasteiger partial charge in [-0.2, -0.15) is 5.26 Å². The van der Waals surface area contributed by atoms with Crippen molar-refractivity contribution in [2.45, 2.75) is 19.9 Å². The first-order chi connectivity index (χ1) is 9.21. The summed E-state index contributed by atoms with van der Waals surface area (Å²) in [5, 5.41) is 9.43. The van der Waals surface area contributed by atoms with Crippen molar-refractivity contribution in [1.82, 2.24) is 4.90 Å². The molecule has 0 N–H and O–H groups in total. The van der Waals surface area contributed by atoms with Gasteiger partial charge in [-0.05, 0) is 46.7 Å². The topological polar surface area (TPSA) is 45.5 Å². The molecule has 1 atom stereocenters. The van der Waals surface area contributed by atoms with Gasteiger partial charge >= 0.3 is 0 Å². The number of halogens is 1. The number of nitrogens with zero attached hydrogens (tertiary/aromatic N) is 2. The third-order valence-corrected chi connectivity index (χ3v) is 3.82. The average Bonchev–Trinajstić information content (AvgIpc) is 2.44. The monoisotopic (exact) mass is 324 g/mol. The van der Waals surface area contributed by atoms with Crippen LogP contribution in [0.4, 0.5) is 0 Å². The van der Waals surface area contributed by atoms with E-state index in [2.05, 4.69) is 40.7 Å². The SMILES string of the molecule is CCN(CC)C(C#N)c1cc(Br)c2c(c1)OCCO2. The van der Waals surface area contributed by atoms with Crippen LogP contribution in [0.2, 0.25) is 0 Å². The average molecular weight is 325 g/mol. The van der Waals surface area contributed by atoms with Gasteiger partial charge in [0.15, 0.2) is 11.5 Å². The van der Waals surface area contributed by atoms with Crippen molar-refractivity contribution < 1.29 is 9.47 Å². The minimum absolute atomic E-state index is 0.262. The number of ether oxygens (including phenoxy) is 2. The van der Waals surface area contributed by atoms with E-state index in [1.54, 1.807) is 0 Å². The molecule has 0 saturated carbocycles. The summed E-state index contributed by atoms with van der Waals surface area (Å²) in [6, 6.07) is 5.95. The Hall–Kier alpha value is -1.25. The zero-order valence-corrected chi connectivity index (χ0v) is 12.7. The summed E-state index contributed by atoms with van der Waals surface area (Å²) in [6.45, 7) is 6.89. The van der Waals surface area contributed by atoms with Gasteiger partial charge in [0, 0.05) is 0 Å². The Bertz CT molecular complexity index is 495. The predicted molar refractivity (Wildman–Crippen MR) is 76.4 cm³/mol. The van der Waals surface area contributed by atoms with E-state index < -0.39 is 0 Å². The second-order valence-electron chi connectivity index (χ2n) is 4.28. The summed E-state index contributed by atoms with van der Waals surface area (Å²) in [7, 11) is 0. The second kappa shape index (κ2) is 6.27. The fraction of sp³-hybridized carbons (Fsp3) is 0.500. The first-order valence-corrected chi connectivity index (χ1v) is 7.23. The zero-order chi connectivity index (χ0) is 13.8. The summed E-state index contributed by atoms with van der Waals surface area (Å²) >= 11 is 3.49. The van der Waals surface area contributed by atoms with Crippen LogP contribution in [0.1, 0.15) is 25.5 Å². The third kappa shape index (κ3) is 2.85. The van der Waals surface area contributed by atoms with Gasteiger partial charge in [-0.3, -0.25) is 4.90 Å². The highest BCUT2D eigenvalue weighted by molar-refractivity contribution is 9.10. The number of nitriles is 1. The van der Waals surface area contributed by atoms with Gasteiger partial charge in [0.05, 0.1) is 10.5 Å². The van der Waals surface area contributed by atoms with Crippen molar-refractivity contribution in [3.05, 3.63) is 22.2 Å². The van der Waals surface area contributed by atoms with Gasteiger partial charge in [0.25, 0.3) is 0 Å². The van der Waals surface area contributed by atoms with Crippen molar-refractivity contribution in [1.29, 1.82) is 5.26 Å². The van der Waals surface area contributed by atoms with Crippen molar-refractivity contribution in [2.75, 3.05) is 26.3 Å². The van der Waals surface area contributed by atoms with E-state index in [1.165, 1.54) is 0 Å². The molecule has 0 aliphatic carbocycles. The van der Waals surface area contributed by atoms with E-state index in [1.807, 2.05) is 12.1 Å². The van der Waals surface area contributed by atoms with Crippen LogP contribution >= 0.6 is 15.9 Å². The van der Waals surface area contributed by atoms with Gasteiger partial charge in [-0.25, -0.2) is 0 Å². The van der Waals surface area contributed by atoms with Crippen LogP contribution in [-0.2, 0) is 0 Å². The van der Waals surface area contributed by atoms with Crippen molar-refractivity contribution in [2.24, 2.45) is 0 Å². The summed E-state index contributed by atoms with van der Waals surface area (Å²) in [5.74, 6) is 1.44. The standard InChI is InChI=1S/C14H17BrN2O2/c1-3-17(4-2)12(9-16)10-7-11(15)14-13(8-10)18-5-6-19-14/h7-8,12H,3-6H2,1-2H3. The molecule has 0 fully saturated rings. The third-order valence-electron chi connectivity index (χ3n) is 3.23. The maximum atomic E-state index is 9.43. The Balaban J connectivity index is 2.39. The van der Waals surface area contributed by atoms with Gasteiger partial charge in [0.2, 0.25) is 0 Å². The van der Waals surface area contributed by atoms with E-state index >= 15 is 0 Å². The first kappa shape index (κ1) is 14.2. The Morgan fingerprint density at radius 2 is 2.00 bits per heavy atom. The van der Waals surface area contributed by atoms with Gasteiger partial charge in [-0.1, -0.05) is 13.8 Å². The smallest absolute Gasteiger partial charge is 0.175 e. The van der Waals surface area contributed by atoms with Gasteiger partial charge in [0.1, 0.15) is 19.3 Å². The number of benzene rings is 1. The highest BCUT2D eigenvalue weighted by Crippen LogP contribution is 2.40. The molecule has 1 unspecified atom stereocenters. The molecular weight excluding hydrogens is 308 g/mol. The maximum Gasteiger partial charge on any atom is 0.175 e. The molecule has 19 heavy (non-hydrogen) atoms. The Morgan fingerprint density at radius 1 is 1.32 bits per heavy atom. The van der Waals surface area contributed by atoms with E-state index in [9.17, 15) is 5.26 Å². The second-order valence-corrected chi connectivity index (χ2v) is 5.13. The fourth-order valence-corrected chi connectivity index (χ4v) is 2.82. The molecule has 0 bridgehead atoms. The van der Waals surface area contributed by atoms with Crippen LogP contribution in [0.3, 0.4) is 0 Å². The molecule has 4 nitrogen and oxygen atoms in total. The lowest BCUT2D eigenvalue weighted by molar-refractivity contribution is 0.169. The lowest BCUT2D eigenvalue weighted by atomic mass is 10.1. The predicted octanol–water partition coefficient (Wildman–Crippen LogP) is 3.13. The number of rotatable bonds is 4. The van der Waals surface area contributed by atoms with Crippen LogP contribution in [0.15, 0.2) is 16.6 Å². The minimum Gasteiger partial charge on any atom is -0.486 e. The van der Waals surface area contributed by atoms with Gasteiger partial charge < -0.3 is 9.47 Å². The molecule has 5 heteroatoms. The Labute approximate surface area is 122 Å². The lowest BCUT2D eigenvalue weighted by Gasteiger charge is -2.26. The highest BCUT2D eigenvalue weighted by Gasteiger charge is 2.22. The normalized spacial score (nSPS) is 15.1. The maximum absolute atomic E-state index is 9.43. The molecular formula is C14H17BrN2O2. The van der Waals surface area contributed by atoms with Crippen LogP contribution in [0.25, 0.3) is 0 Å². The molecule has 0 radical (unpaired) electrons. The quantitative estimate of drug-likeness (QED) is 0.853. The van der Waals surface area contributed by atoms with Crippen LogP contribution < -0.4 is 9.47 Å². The van der Waals surface area contributed by atoms with Crippen molar-refractivity contribution in [3.63, 3.8) is 0 Å². The first-order valence-electron chi connectivity index (χ1n) is 6.44. The van der Waals surface area contributed by atoms with Crippen molar-refractivity contribution in [3.8, 4) is 17.6 Å². The summed E-state index contributed by atoms with van der Waals surface area (Å²) in [5.41, 5.74) is 0.933. The molecule has 0 aromatic heterocycles. The Morgan fingerprint density at radius 3 is 2.63 bits per heavy atom. The molecule has 1 heterocycles. The number of hydrogen-bond acceptors (Lipinski definition) is 4. The van der Waals surface area contributed by atoms with Crippen LogP contribution in [0.5, 0.6) is 11.5 Å². The summed E-state index contributed by atoms with van der Waals surface area (Å²) in [6.07, 6.45) is 0. The Kier molecular flexibility index (Phi) is 4.67. The molecule has 0 saturated heterocycles. The molecule has 1 aromatic carbocycles. The van der Waals surface area contributed by atoms with E-state index in [-0.39, 0.29) is 6.04 Å². The highest BCUT2D eigenvalue weighted by atomic mass is 79.9. The van der Waals surface area contributed by atoms with E-state index in [0.717, 1.165) is 28.9 Å². The molecule has 1 aromatic rings. The number of fused-ring (bicyclic) bond motifs is 1. The lowest BCUT2D eigenvalue weighted by Crippen LogP contribution is -2.27. The molecule has 0 spiro atoms. The van der Waals surface area contributed by atoms with Crippen molar-refractivity contribution >= 4 is 15.9 Å². The largest absolute Gasteiger partial charge is 0.486 e. The zero-order valence-electron chi connectivity index (χ0n) is 11.1. The molecule has 2 rings (SSSR count). The minimum atomic E-state index is -0.262. The molecule has 0 amide bonds. The van der Waals surface area contributed by atoms with Crippen LogP contribution in [-0.4, -0.2) is 31.2 Å². The summed E-state index contributed by atoms with van der Waals surface area (Å²) in [4.78, 5) is 2.11. The van der Waals surface area contributed by atoms with E-state index in [0.29, 0.717) is 19.0 Å². The van der Waals surface area contributed by atoms with E-state index in [4.69, 9.17) is 9.47 Å². The van der Waals surface area contributed by atoms with Crippen LogP contribution in [0, 0.1) is 11.3 Å². The number of hydrogen-bond donors (Lipinski definition) is 0. The fourth-order valence-electron chi connectivity index (χ4n) is 2.24. The summed E-state index contributed by atoms with van der Waals surface area (Å²) < 4.78 is 12.0.